The van der Waals surface area contributed by atoms with Gasteiger partial charge in [-0.05, 0) is 39.2 Å². The topological polar surface area (TPSA) is 0 Å². The van der Waals surface area contributed by atoms with Gasteiger partial charge in [-0.3, -0.25) is 0 Å². The van der Waals surface area contributed by atoms with Crippen molar-refractivity contribution in [3.05, 3.63) is 144 Å². The lowest BCUT2D eigenvalue weighted by Gasteiger charge is -2.28. The quantitative estimate of drug-likeness (QED) is 0.259. The highest BCUT2D eigenvalue weighted by molar-refractivity contribution is 6.78. The first-order valence-electron chi connectivity index (χ1n) is 11.6. The standard InChI is InChI=1S/C31H28Si2/c1-3-32(22-24-12-7-5-8-13-24)29-20-18-26-16-11-17-27-30(21-19-28(29)31(26)27)33(4-2)23-25-14-9-6-10-15-25/h3-21,30H,1-2,22-23H2. The normalized spacial score (nSPS) is 14.7. The minimum absolute atomic E-state index is 0.438. The van der Waals surface area contributed by atoms with E-state index in [4.69, 9.17) is 0 Å². The fourth-order valence-corrected chi connectivity index (χ4v) is 9.39. The molecule has 0 heterocycles. The summed E-state index contributed by atoms with van der Waals surface area (Å²) < 4.78 is 0. The van der Waals surface area contributed by atoms with Gasteiger partial charge in [0.05, 0.1) is 8.80 Å². The average Bonchev–Trinajstić information content (AvgIpc) is 2.88. The molecule has 1 atom stereocenters. The van der Waals surface area contributed by atoms with Crippen LogP contribution in [0.25, 0.3) is 16.8 Å². The summed E-state index contributed by atoms with van der Waals surface area (Å²) in [5.41, 5.74) is 10.6. The van der Waals surface area contributed by atoms with E-state index in [2.05, 4.69) is 128 Å². The molecule has 5 rings (SSSR count). The maximum atomic E-state index is 4.26. The van der Waals surface area contributed by atoms with Crippen molar-refractivity contribution >= 4 is 39.6 Å². The zero-order valence-corrected chi connectivity index (χ0v) is 20.9. The monoisotopic (exact) mass is 456 g/mol. The zero-order valence-electron chi connectivity index (χ0n) is 18.9. The van der Waals surface area contributed by atoms with Crippen molar-refractivity contribution in [2.75, 3.05) is 0 Å². The average molecular weight is 457 g/mol. The minimum Gasteiger partial charge on any atom is -0.107 e. The molecule has 4 aromatic rings. The molecule has 2 heteroatoms. The smallest absolute Gasteiger partial charge is 0.107 e. The molecule has 160 valence electrons. The van der Waals surface area contributed by atoms with Crippen molar-refractivity contribution in [2.24, 2.45) is 0 Å². The molecule has 0 bridgehead atoms. The van der Waals surface area contributed by atoms with Gasteiger partial charge in [0.25, 0.3) is 0 Å². The molecule has 0 aromatic heterocycles. The first-order chi connectivity index (χ1) is 16.3. The Morgan fingerprint density at radius 2 is 1.39 bits per heavy atom. The van der Waals surface area contributed by atoms with E-state index in [0.717, 1.165) is 12.1 Å². The van der Waals surface area contributed by atoms with Gasteiger partial charge < -0.3 is 0 Å². The highest BCUT2D eigenvalue weighted by Crippen LogP contribution is 2.36. The molecule has 0 nitrogen and oxygen atoms in total. The van der Waals surface area contributed by atoms with E-state index < -0.39 is 17.6 Å². The molecule has 0 saturated heterocycles. The number of allylic oxidation sites excluding steroid dienone is 1. The first kappa shape index (κ1) is 21.6. The summed E-state index contributed by atoms with van der Waals surface area (Å²) in [4.78, 5) is 0. The SMILES string of the molecule is C=C[Si](Cc1ccccc1)c1ccc2cccc3c2c1C=CC3[Si](C=C)Cc1ccccc1. The van der Waals surface area contributed by atoms with Gasteiger partial charge in [0.2, 0.25) is 0 Å². The number of hydrogen-bond acceptors (Lipinski definition) is 0. The van der Waals surface area contributed by atoms with Crippen molar-refractivity contribution in [2.45, 2.75) is 17.6 Å². The van der Waals surface area contributed by atoms with Crippen LogP contribution in [0.3, 0.4) is 0 Å². The fourth-order valence-electron chi connectivity index (χ4n) is 5.00. The van der Waals surface area contributed by atoms with E-state index in [9.17, 15) is 0 Å². The maximum Gasteiger partial charge on any atom is 0.117 e. The first-order valence-corrected chi connectivity index (χ1v) is 15.2. The van der Waals surface area contributed by atoms with E-state index >= 15 is 0 Å². The molecule has 0 aliphatic heterocycles. The van der Waals surface area contributed by atoms with E-state index in [1.165, 1.54) is 38.2 Å². The summed E-state index contributed by atoms with van der Waals surface area (Å²) >= 11 is 0. The van der Waals surface area contributed by atoms with Gasteiger partial charge in [0, 0.05) is 5.54 Å². The molecule has 2 radical (unpaired) electrons. The summed E-state index contributed by atoms with van der Waals surface area (Å²) in [6.45, 7) is 8.51. The van der Waals surface area contributed by atoms with Crippen LogP contribution in [0.5, 0.6) is 0 Å². The van der Waals surface area contributed by atoms with Gasteiger partial charge in [-0.1, -0.05) is 120 Å². The lowest BCUT2D eigenvalue weighted by molar-refractivity contribution is 1.15. The second-order valence-electron chi connectivity index (χ2n) is 8.64. The molecule has 4 aromatic carbocycles. The Bertz CT molecular complexity index is 1310. The van der Waals surface area contributed by atoms with Crippen LogP contribution in [0, 0.1) is 0 Å². The number of benzene rings is 4. The van der Waals surface area contributed by atoms with Crippen molar-refractivity contribution in [1.29, 1.82) is 0 Å². The Balaban J connectivity index is 1.55. The van der Waals surface area contributed by atoms with Gasteiger partial charge in [-0.2, -0.15) is 0 Å². The summed E-state index contributed by atoms with van der Waals surface area (Å²) in [6.07, 6.45) is 4.87. The molecule has 1 aliphatic carbocycles. The van der Waals surface area contributed by atoms with Gasteiger partial charge >= 0.3 is 0 Å². The van der Waals surface area contributed by atoms with Gasteiger partial charge in [0.1, 0.15) is 8.80 Å². The third kappa shape index (κ3) is 4.37. The largest absolute Gasteiger partial charge is 0.117 e. The maximum absolute atomic E-state index is 4.26. The van der Waals surface area contributed by atoms with Crippen molar-refractivity contribution in [1.82, 2.24) is 0 Å². The third-order valence-electron chi connectivity index (χ3n) is 6.65. The molecular weight excluding hydrogens is 429 g/mol. The summed E-state index contributed by atoms with van der Waals surface area (Å²) in [6, 6.07) is 35.4. The third-order valence-corrected chi connectivity index (χ3v) is 11.7. The molecule has 0 spiro atoms. The van der Waals surface area contributed by atoms with Crippen LogP contribution in [0.2, 0.25) is 0 Å². The second kappa shape index (κ2) is 9.74. The Hall–Kier alpha value is -3.21. The van der Waals surface area contributed by atoms with Crippen LogP contribution < -0.4 is 5.19 Å². The second-order valence-corrected chi connectivity index (χ2v) is 13.5. The summed E-state index contributed by atoms with van der Waals surface area (Å²) in [5.74, 6) is 0. The van der Waals surface area contributed by atoms with Gasteiger partial charge in [-0.25, -0.2) is 0 Å². The van der Waals surface area contributed by atoms with Crippen molar-refractivity contribution < 1.29 is 0 Å². The molecule has 33 heavy (non-hydrogen) atoms. The van der Waals surface area contributed by atoms with E-state index in [0.29, 0.717) is 5.54 Å². The van der Waals surface area contributed by atoms with Crippen LogP contribution in [-0.4, -0.2) is 17.6 Å². The van der Waals surface area contributed by atoms with Crippen molar-refractivity contribution in [3.63, 3.8) is 0 Å². The molecule has 1 aliphatic rings. The van der Waals surface area contributed by atoms with E-state index in [1.54, 1.807) is 0 Å². The Morgan fingerprint density at radius 1 is 0.697 bits per heavy atom. The van der Waals surface area contributed by atoms with Gasteiger partial charge in [0.15, 0.2) is 0 Å². The van der Waals surface area contributed by atoms with Crippen LogP contribution in [-0.2, 0) is 12.1 Å². The Morgan fingerprint density at radius 3 is 2.06 bits per heavy atom. The van der Waals surface area contributed by atoms with Crippen molar-refractivity contribution in [3.8, 4) is 0 Å². The number of rotatable bonds is 8. The number of hydrogen-bond donors (Lipinski definition) is 0. The molecule has 1 unspecified atom stereocenters. The molecular formula is C31H28Si2. The predicted octanol–water partition coefficient (Wildman–Crippen LogP) is 6.70. The highest BCUT2D eigenvalue weighted by Gasteiger charge is 2.27. The minimum atomic E-state index is -0.919. The Labute approximate surface area is 200 Å². The van der Waals surface area contributed by atoms with Crippen LogP contribution in [0.4, 0.5) is 0 Å². The fraction of sp³-hybridized carbons (Fsp3) is 0.0968. The zero-order chi connectivity index (χ0) is 22.6. The predicted molar refractivity (Wildman–Crippen MR) is 148 cm³/mol. The van der Waals surface area contributed by atoms with Gasteiger partial charge in [-0.15, -0.1) is 18.9 Å². The molecule has 0 N–H and O–H groups in total. The lowest BCUT2D eigenvalue weighted by Crippen LogP contribution is -2.34. The molecule has 0 saturated carbocycles. The molecule has 0 fully saturated rings. The van der Waals surface area contributed by atoms with E-state index in [-0.39, 0.29) is 0 Å². The summed E-state index contributed by atoms with van der Waals surface area (Å²) in [7, 11) is -1.76. The molecule has 0 amide bonds. The van der Waals surface area contributed by atoms with E-state index in [1.807, 2.05) is 0 Å². The summed E-state index contributed by atoms with van der Waals surface area (Å²) in [5, 5.41) is 4.26. The van der Waals surface area contributed by atoms with Crippen LogP contribution in [0.1, 0.15) is 27.8 Å². The Kier molecular flexibility index (Phi) is 6.38. The highest BCUT2D eigenvalue weighted by atomic mass is 28.3. The lowest BCUT2D eigenvalue weighted by atomic mass is 9.92. The van der Waals surface area contributed by atoms with Crippen LogP contribution >= 0.6 is 0 Å². The van der Waals surface area contributed by atoms with Crippen LogP contribution in [0.15, 0.2) is 122 Å².